The fourth-order valence-corrected chi connectivity index (χ4v) is 4.35. The standard InChI is InChI=1S/C23H24N8O/c1-32-18-4-2-3-17-20(18)28-23(24)31-22(17)27-19(29-31)13-30(11-14-5-6-14)12-15-7-9-25-21-16(15)8-10-26-21/h2-4,7-10,14H,5-6,11-13H2,1H3,(H2,24,28)(H,25,26). The van der Waals surface area contributed by atoms with Gasteiger partial charge in [0.15, 0.2) is 11.5 Å². The Bertz CT molecular complexity index is 1430. The summed E-state index contributed by atoms with van der Waals surface area (Å²) in [5, 5.41) is 6.72. The minimum atomic E-state index is 0.299. The van der Waals surface area contributed by atoms with E-state index in [9.17, 15) is 0 Å². The molecule has 0 unspecified atom stereocenters. The van der Waals surface area contributed by atoms with Crippen LogP contribution in [0.3, 0.4) is 0 Å². The monoisotopic (exact) mass is 428 g/mol. The molecule has 1 aromatic carbocycles. The number of H-pyrrole nitrogens is 1. The smallest absolute Gasteiger partial charge is 0.223 e. The first kappa shape index (κ1) is 19.0. The van der Waals surface area contributed by atoms with E-state index in [0.29, 0.717) is 29.4 Å². The van der Waals surface area contributed by atoms with Gasteiger partial charge in [-0.1, -0.05) is 6.07 Å². The first-order valence-electron chi connectivity index (χ1n) is 10.8. The number of nitrogens with two attached hydrogens (primary N) is 1. The predicted octanol–water partition coefficient (Wildman–Crippen LogP) is 3.16. The van der Waals surface area contributed by atoms with Crippen molar-refractivity contribution < 1.29 is 4.74 Å². The highest BCUT2D eigenvalue weighted by Crippen LogP contribution is 2.32. The van der Waals surface area contributed by atoms with Crippen LogP contribution in [0.4, 0.5) is 5.95 Å². The quantitative estimate of drug-likeness (QED) is 0.410. The van der Waals surface area contributed by atoms with E-state index in [0.717, 1.165) is 41.3 Å². The molecule has 0 bridgehead atoms. The number of benzene rings is 1. The van der Waals surface area contributed by atoms with Crippen molar-refractivity contribution in [2.75, 3.05) is 19.4 Å². The summed E-state index contributed by atoms with van der Waals surface area (Å²) >= 11 is 0. The van der Waals surface area contributed by atoms with Crippen molar-refractivity contribution in [3.63, 3.8) is 0 Å². The van der Waals surface area contributed by atoms with Crippen LogP contribution in [0.25, 0.3) is 27.6 Å². The molecule has 0 spiro atoms. The molecule has 5 aromatic rings. The molecule has 4 heterocycles. The Hall–Kier alpha value is -3.72. The molecular formula is C23H24N8O. The maximum atomic E-state index is 6.22. The fourth-order valence-electron chi connectivity index (χ4n) is 4.35. The number of hydrogen-bond acceptors (Lipinski definition) is 7. The number of aromatic amines is 1. The van der Waals surface area contributed by atoms with Crippen molar-refractivity contribution in [2.45, 2.75) is 25.9 Å². The molecule has 9 heteroatoms. The number of nitrogens with one attached hydrogen (secondary N) is 1. The topological polar surface area (TPSA) is 110 Å². The zero-order valence-electron chi connectivity index (χ0n) is 17.8. The SMILES string of the molecule is COc1cccc2c1nc(N)n1nc(CN(Cc3ccnc4[nH]ccc34)CC3CC3)nc21. The molecule has 162 valence electrons. The summed E-state index contributed by atoms with van der Waals surface area (Å²) in [6.07, 6.45) is 6.36. The van der Waals surface area contributed by atoms with Crippen LogP contribution in [-0.4, -0.2) is 48.1 Å². The Balaban J connectivity index is 1.37. The molecule has 0 saturated heterocycles. The highest BCUT2D eigenvalue weighted by molar-refractivity contribution is 5.95. The predicted molar refractivity (Wildman–Crippen MR) is 122 cm³/mol. The lowest BCUT2D eigenvalue weighted by Crippen LogP contribution is -2.26. The molecule has 1 saturated carbocycles. The van der Waals surface area contributed by atoms with Gasteiger partial charge in [0.1, 0.15) is 16.9 Å². The third-order valence-corrected chi connectivity index (χ3v) is 6.08. The summed E-state index contributed by atoms with van der Waals surface area (Å²) < 4.78 is 7.09. The van der Waals surface area contributed by atoms with Crippen LogP contribution >= 0.6 is 0 Å². The van der Waals surface area contributed by atoms with Gasteiger partial charge in [0, 0.05) is 36.3 Å². The van der Waals surface area contributed by atoms with Crippen LogP contribution in [-0.2, 0) is 13.1 Å². The van der Waals surface area contributed by atoms with E-state index in [1.165, 1.54) is 18.4 Å². The van der Waals surface area contributed by atoms with E-state index in [1.54, 1.807) is 11.6 Å². The third kappa shape index (κ3) is 3.31. The molecule has 0 atom stereocenters. The van der Waals surface area contributed by atoms with Crippen molar-refractivity contribution in [3.05, 3.63) is 54.1 Å². The van der Waals surface area contributed by atoms with Gasteiger partial charge in [0.25, 0.3) is 0 Å². The van der Waals surface area contributed by atoms with Crippen LogP contribution in [0.2, 0.25) is 0 Å². The number of anilines is 1. The van der Waals surface area contributed by atoms with Gasteiger partial charge in [0.05, 0.1) is 13.7 Å². The molecule has 0 radical (unpaired) electrons. The Morgan fingerprint density at radius 1 is 1.16 bits per heavy atom. The van der Waals surface area contributed by atoms with Gasteiger partial charge in [-0.3, -0.25) is 4.90 Å². The Kier molecular flexibility index (Phi) is 4.43. The second-order valence-electron chi connectivity index (χ2n) is 8.41. The van der Waals surface area contributed by atoms with Gasteiger partial charge in [0.2, 0.25) is 5.95 Å². The number of aromatic nitrogens is 6. The van der Waals surface area contributed by atoms with Crippen LogP contribution in [0.5, 0.6) is 5.75 Å². The van der Waals surface area contributed by atoms with Crippen LogP contribution in [0.1, 0.15) is 24.2 Å². The minimum Gasteiger partial charge on any atom is -0.494 e. The molecule has 1 fully saturated rings. The zero-order valence-corrected chi connectivity index (χ0v) is 17.8. The van der Waals surface area contributed by atoms with Crippen molar-refractivity contribution in [1.82, 2.24) is 34.4 Å². The summed E-state index contributed by atoms with van der Waals surface area (Å²) in [6, 6.07) is 9.95. The molecule has 1 aliphatic carbocycles. The average Bonchev–Trinajstić information content (AvgIpc) is 3.30. The van der Waals surface area contributed by atoms with Gasteiger partial charge >= 0.3 is 0 Å². The summed E-state index contributed by atoms with van der Waals surface area (Å²) in [4.78, 5) is 19.4. The minimum absolute atomic E-state index is 0.299. The highest BCUT2D eigenvalue weighted by atomic mass is 16.5. The molecule has 6 rings (SSSR count). The highest BCUT2D eigenvalue weighted by Gasteiger charge is 2.26. The Labute approximate surface area is 184 Å². The normalized spacial score (nSPS) is 14.2. The van der Waals surface area contributed by atoms with Crippen molar-refractivity contribution in [1.29, 1.82) is 0 Å². The second kappa shape index (κ2) is 7.45. The zero-order chi connectivity index (χ0) is 21.7. The lowest BCUT2D eigenvalue weighted by atomic mass is 10.1. The third-order valence-electron chi connectivity index (χ3n) is 6.08. The number of methoxy groups -OCH3 is 1. The van der Waals surface area contributed by atoms with E-state index >= 15 is 0 Å². The van der Waals surface area contributed by atoms with Crippen molar-refractivity contribution >= 4 is 33.5 Å². The summed E-state index contributed by atoms with van der Waals surface area (Å²) in [5.74, 6) is 2.44. The average molecular weight is 429 g/mol. The Morgan fingerprint density at radius 3 is 2.91 bits per heavy atom. The molecule has 3 N–H and O–H groups in total. The summed E-state index contributed by atoms with van der Waals surface area (Å²) in [7, 11) is 1.63. The largest absolute Gasteiger partial charge is 0.494 e. The number of para-hydroxylation sites is 1. The molecule has 0 amide bonds. The van der Waals surface area contributed by atoms with Crippen molar-refractivity contribution in [2.24, 2.45) is 5.92 Å². The van der Waals surface area contributed by atoms with Crippen LogP contribution in [0.15, 0.2) is 42.7 Å². The number of rotatable bonds is 7. The number of hydrogen-bond donors (Lipinski definition) is 2. The number of nitrogen functional groups attached to an aromatic ring is 1. The van der Waals surface area contributed by atoms with E-state index in [2.05, 4.69) is 32.0 Å². The second-order valence-corrected chi connectivity index (χ2v) is 8.41. The molecular weight excluding hydrogens is 404 g/mol. The molecule has 32 heavy (non-hydrogen) atoms. The van der Waals surface area contributed by atoms with Crippen LogP contribution in [0, 0.1) is 5.92 Å². The van der Waals surface area contributed by atoms with Gasteiger partial charge in [-0.15, -0.1) is 5.10 Å². The van der Waals surface area contributed by atoms with E-state index in [-0.39, 0.29) is 0 Å². The number of ether oxygens (including phenoxy) is 1. The molecule has 9 nitrogen and oxygen atoms in total. The fraction of sp³-hybridized carbons (Fsp3) is 0.304. The van der Waals surface area contributed by atoms with Gasteiger partial charge in [-0.25, -0.2) is 15.0 Å². The maximum Gasteiger partial charge on any atom is 0.223 e. The van der Waals surface area contributed by atoms with E-state index < -0.39 is 0 Å². The van der Waals surface area contributed by atoms with Gasteiger partial charge in [-0.2, -0.15) is 4.52 Å². The lowest BCUT2D eigenvalue weighted by Gasteiger charge is -2.21. The molecule has 0 aliphatic heterocycles. The number of nitrogens with zero attached hydrogens (tertiary/aromatic N) is 6. The van der Waals surface area contributed by atoms with Crippen LogP contribution < -0.4 is 10.5 Å². The Morgan fingerprint density at radius 2 is 2.06 bits per heavy atom. The van der Waals surface area contributed by atoms with E-state index in [4.69, 9.17) is 20.6 Å². The first-order chi connectivity index (χ1) is 15.7. The van der Waals surface area contributed by atoms with Gasteiger partial charge < -0.3 is 15.5 Å². The van der Waals surface area contributed by atoms with E-state index in [1.807, 2.05) is 30.6 Å². The molecule has 4 aromatic heterocycles. The number of pyridine rings is 1. The lowest BCUT2D eigenvalue weighted by molar-refractivity contribution is 0.241. The maximum absolute atomic E-state index is 6.22. The summed E-state index contributed by atoms with van der Waals surface area (Å²) in [5.41, 5.74) is 9.78. The number of fused-ring (bicyclic) bond motifs is 4. The molecule has 1 aliphatic rings. The summed E-state index contributed by atoms with van der Waals surface area (Å²) in [6.45, 7) is 2.47. The first-order valence-corrected chi connectivity index (χ1v) is 10.8. The van der Waals surface area contributed by atoms with Gasteiger partial charge in [-0.05, 0) is 48.6 Å². The van der Waals surface area contributed by atoms with Crippen molar-refractivity contribution in [3.8, 4) is 5.75 Å².